The number of nitrogens with zero attached hydrogens (tertiary/aromatic N) is 2. The van der Waals surface area contributed by atoms with Gasteiger partial charge in [0, 0.05) is 31.1 Å². The predicted molar refractivity (Wildman–Crippen MR) is 96.0 cm³/mol. The molecule has 1 aromatic carbocycles. The molecule has 1 unspecified atom stereocenters. The number of hydrogen-bond acceptors (Lipinski definition) is 4. The zero-order valence-electron chi connectivity index (χ0n) is 14.5. The number of halogens is 1. The molecule has 0 bridgehead atoms. The molecular formula is C18H25ClN2O4. The normalized spacial score (nSPS) is 18.4. The minimum absolute atomic E-state index is 0.00699. The van der Waals surface area contributed by atoms with E-state index in [0.717, 1.165) is 44.6 Å². The fourth-order valence-electron chi connectivity index (χ4n) is 3.17. The number of carboxylic acids is 1. The Labute approximate surface area is 153 Å². The molecule has 6 nitrogen and oxygen atoms in total. The van der Waals surface area contributed by atoms with Gasteiger partial charge in [-0.2, -0.15) is 0 Å². The molecule has 1 N–H and O–H groups in total. The van der Waals surface area contributed by atoms with E-state index in [0.29, 0.717) is 11.6 Å². The van der Waals surface area contributed by atoms with Gasteiger partial charge >= 0.3 is 5.97 Å². The van der Waals surface area contributed by atoms with Crippen LogP contribution in [-0.2, 0) is 9.59 Å². The second kappa shape index (κ2) is 9.63. The number of ether oxygens (including phenoxy) is 1. The summed E-state index contributed by atoms with van der Waals surface area (Å²) < 4.78 is 5.73. The van der Waals surface area contributed by atoms with Gasteiger partial charge in [-0.05, 0) is 44.0 Å². The van der Waals surface area contributed by atoms with E-state index in [-0.39, 0.29) is 18.5 Å². The third-order valence-electron chi connectivity index (χ3n) is 4.41. The zero-order valence-corrected chi connectivity index (χ0v) is 15.2. The lowest BCUT2D eigenvalue weighted by molar-refractivity contribution is -0.145. The molecule has 1 aromatic rings. The number of carbonyl (C=O) groups is 2. The molecule has 1 saturated heterocycles. The number of hydrogen-bond donors (Lipinski definition) is 1. The highest BCUT2D eigenvalue weighted by Crippen LogP contribution is 2.19. The van der Waals surface area contributed by atoms with Gasteiger partial charge < -0.3 is 14.7 Å². The molecule has 0 radical (unpaired) electrons. The molecule has 0 aromatic heterocycles. The molecule has 1 fully saturated rings. The maximum absolute atomic E-state index is 11.7. The summed E-state index contributed by atoms with van der Waals surface area (Å²) in [4.78, 5) is 26.5. The quantitative estimate of drug-likeness (QED) is 0.800. The predicted octanol–water partition coefficient (Wildman–Crippen LogP) is 2.51. The van der Waals surface area contributed by atoms with Gasteiger partial charge in [0.25, 0.3) is 0 Å². The molecule has 1 aliphatic heterocycles. The Bertz CT molecular complexity index is 596. The first-order chi connectivity index (χ1) is 12.0. The van der Waals surface area contributed by atoms with E-state index in [1.165, 1.54) is 11.8 Å². The summed E-state index contributed by atoms with van der Waals surface area (Å²) in [7, 11) is 0. The van der Waals surface area contributed by atoms with Gasteiger partial charge in [-0.25, -0.2) is 0 Å². The first-order valence-electron chi connectivity index (χ1n) is 8.55. The van der Waals surface area contributed by atoms with Crippen LogP contribution in [0.3, 0.4) is 0 Å². The lowest BCUT2D eigenvalue weighted by Gasteiger charge is -2.29. The first kappa shape index (κ1) is 19.5. The van der Waals surface area contributed by atoms with Gasteiger partial charge in [0.05, 0.1) is 0 Å². The van der Waals surface area contributed by atoms with Crippen LogP contribution in [0.15, 0.2) is 24.3 Å². The Kier molecular flexibility index (Phi) is 7.52. The molecule has 25 heavy (non-hydrogen) atoms. The van der Waals surface area contributed by atoms with Crippen molar-refractivity contribution in [2.45, 2.75) is 32.2 Å². The highest BCUT2D eigenvalue weighted by atomic mass is 35.5. The summed E-state index contributed by atoms with van der Waals surface area (Å²) >= 11 is 5.94. The van der Waals surface area contributed by atoms with E-state index in [2.05, 4.69) is 4.90 Å². The number of carboxylic acid groups (broad SMARTS) is 1. The number of likely N-dealkylation sites (tertiary alicyclic amines) is 1. The van der Waals surface area contributed by atoms with Crippen molar-refractivity contribution in [3.63, 3.8) is 0 Å². The van der Waals surface area contributed by atoms with E-state index in [1.54, 1.807) is 12.1 Å². The van der Waals surface area contributed by atoms with Crippen LogP contribution in [0.5, 0.6) is 5.75 Å². The summed E-state index contributed by atoms with van der Waals surface area (Å²) in [5, 5.41) is 9.65. The lowest BCUT2D eigenvalue weighted by Crippen LogP contribution is -2.42. The molecule has 1 heterocycles. The van der Waals surface area contributed by atoms with E-state index < -0.39 is 5.97 Å². The molecule has 1 aliphatic rings. The molecule has 2 rings (SSSR count). The minimum Gasteiger partial charge on any atom is -0.492 e. The molecule has 1 amide bonds. The number of aliphatic carboxylic acids is 1. The SMILES string of the molecule is CC(=O)N(CC(=O)O)C1CCCN(CCOc2cccc(Cl)c2)CC1. The minimum atomic E-state index is -0.966. The van der Waals surface area contributed by atoms with Crippen LogP contribution >= 0.6 is 11.6 Å². The van der Waals surface area contributed by atoms with Crippen molar-refractivity contribution in [3.05, 3.63) is 29.3 Å². The van der Waals surface area contributed by atoms with Crippen LogP contribution in [0.2, 0.25) is 5.02 Å². The zero-order chi connectivity index (χ0) is 18.2. The highest BCUT2D eigenvalue weighted by Gasteiger charge is 2.25. The van der Waals surface area contributed by atoms with Crippen LogP contribution in [0.1, 0.15) is 26.2 Å². The summed E-state index contributed by atoms with van der Waals surface area (Å²) in [6.07, 6.45) is 2.55. The Morgan fingerprint density at radius 3 is 2.84 bits per heavy atom. The third-order valence-corrected chi connectivity index (χ3v) is 4.65. The standard InChI is InChI=1S/C18H25ClN2O4/c1-14(22)21(13-18(23)24)16-5-3-8-20(9-7-16)10-11-25-17-6-2-4-15(19)12-17/h2,4,6,12,16H,3,5,7-11,13H2,1H3,(H,23,24). The van der Waals surface area contributed by atoms with Crippen LogP contribution in [-0.4, -0.2) is 65.6 Å². The van der Waals surface area contributed by atoms with Crippen LogP contribution < -0.4 is 4.74 Å². The van der Waals surface area contributed by atoms with Crippen molar-refractivity contribution in [2.75, 3.05) is 32.8 Å². The average Bonchev–Trinajstić information content (AvgIpc) is 2.78. The third kappa shape index (κ3) is 6.55. The van der Waals surface area contributed by atoms with Crippen molar-refractivity contribution >= 4 is 23.5 Å². The number of benzene rings is 1. The number of amides is 1. The molecule has 1 atom stereocenters. The van der Waals surface area contributed by atoms with E-state index in [1.807, 2.05) is 12.1 Å². The maximum Gasteiger partial charge on any atom is 0.323 e. The number of rotatable bonds is 7. The summed E-state index contributed by atoms with van der Waals surface area (Å²) in [5.41, 5.74) is 0. The monoisotopic (exact) mass is 368 g/mol. The Balaban J connectivity index is 1.80. The first-order valence-corrected chi connectivity index (χ1v) is 8.93. The summed E-state index contributed by atoms with van der Waals surface area (Å²) in [6, 6.07) is 7.32. The van der Waals surface area contributed by atoms with Crippen LogP contribution in [0.25, 0.3) is 0 Å². The Morgan fingerprint density at radius 1 is 1.36 bits per heavy atom. The largest absolute Gasteiger partial charge is 0.492 e. The van der Waals surface area contributed by atoms with Gasteiger partial charge in [-0.15, -0.1) is 0 Å². The van der Waals surface area contributed by atoms with Crippen molar-refractivity contribution in [1.82, 2.24) is 9.80 Å². The van der Waals surface area contributed by atoms with Gasteiger partial charge in [-0.3, -0.25) is 14.5 Å². The number of carbonyl (C=O) groups excluding carboxylic acids is 1. The maximum atomic E-state index is 11.7. The van der Waals surface area contributed by atoms with Crippen LogP contribution in [0, 0.1) is 0 Å². The fraction of sp³-hybridized carbons (Fsp3) is 0.556. The summed E-state index contributed by atoms with van der Waals surface area (Å²) in [6.45, 7) is 4.32. The second-order valence-corrected chi connectivity index (χ2v) is 6.71. The second-order valence-electron chi connectivity index (χ2n) is 6.27. The van der Waals surface area contributed by atoms with E-state index in [9.17, 15) is 9.59 Å². The molecule has 0 aliphatic carbocycles. The topological polar surface area (TPSA) is 70.1 Å². The molecule has 0 saturated carbocycles. The van der Waals surface area contributed by atoms with E-state index in [4.69, 9.17) is 21.4 Å². The van der Waals surface area contributed by atoms with Crippen LogP contribution in [0.4, 0.5) is 0 Å². The van der Waals surface area contributed by atoms with Gasteiger partial charge in [0.1, 0.15) is 18.9 Å². The van der Waals surface area contributed by atoms with Gasteiger partial charge in [-0.1, -0.05) is 17.7 Å². The van der Waals surface area contributed by atoms with Crippen molar-refractivity contribution < 1.29 is 19.4 Å². The highest BCUT2D eigenvalue weighted by molar-refractivity contribution is 6.30. The molecule has 0 spiro atoms. The van der Waals surface area contributed by atoms with Gasteiger partial charge in [0.2, 0.25) is 5.91 Å². The molecular weight excluding hydrogens is 344 g/mol. The molecule has 138 valence electrons. The smallest absolute Gasteiger partial charge is 0.323 e. The lowest BCUT2D eigenvalue weighted by atomic mass is 10.1. The average molecular weight is 369 g/mol. The Hall–Kier alpha value is -1.79. The van der Waals surface area contributed by atoms with Gasteiger partial charge in [0.15, 0.2) is 0 Å². The summed E-state index contributed by atoms with van der Waals surface area (Å²) in [5.74, 6) is -0.388. The molecule has 7 heteroatoms. The van der Waals surface area contributed by atoms with Crippen molar-refractivity contribution in [1.29, 1.82) is 0 Å². The Morgan fingerprint density at radius 2 is 2.16 bits per heavy atom. The van der Waals surface area contributed by atoms with E-state index >= 15 is 0 Å². The fourth-order valence-corrected chi connectivity index (χ4v) is 3.35. The van der Waals surface area contributed by atoms with Crippen molar-refractivity contribution in [3.8, 4) is 5.75 Å². The van der Waals surface area contributed by atoms with Crippen molar-refractivity contribution in [2.24, 2.45) is 0 Å².